The van der Waals surface area contributed by atoms with Crippen molar-refractivity contribution in [2.75, 3.05) is 0 Å². The van der Waals surface area contributed by atoms with Crippen LogP contribution >= 0.6 is 11.6 Å². The summed E-state index contributed by atoms with van der Waals surface area (Å²) in [5, 5.41) is 0.00755. The predicted molar refractivity (Wildman–Crippen MR) is 52.4 cm³/mol. The maximum atomic E-state index is 12.8. The van der Waals surface area contributed by atoms with Crippen molar-refractivity contribution in [1.82, 2.24) is 9.97 Å². The number of hydrogen-bond donors (Lipinski definition) is 0. The summed E-state index contributed by atoms with van der Waals surface area (Å²) in [5.74, 6) is -0.661. The lowest BCUT2D eigenvalue weighted by Crippen LogP contribution is -1.87. The van der Waals surface area contributed by atoms with E-state index in [2.05, 4.69) is 9.97 Å². The van der Waals surface area contributed by atoms with Gasteiger partial charge in [-0.2, -0.15) is 4.39 Å². The Hall–Kier alpha value is -1.48. The zero-order chi connectivity index (χ0) is 9.97. The number of aromatic nitrogens is 2. The average molecular weight is 209 g/mol. The van der Waals surface area contributed by atoms with Crippen LogP contribution in [0.25, 0.3) is 11.3 Å². The van der Waals surface area contributed by atoms with E-state index in [4.69, 9.17) is 11.6 Å². The molecule has 0 amide bonds. The van der Waals surface area contributed by atoms with E-state index in [0.29, 0.717) is 5.56 Å². The summed E-state index contributed by atoms with van der Waals surface area (Å²) in [6, 6.07) is 6.97. The van der Waals surface area contributed by atoms with Crippen molar-refractivity contribution in [3.05, 3.63) is 47.6 Å². The first-order chi connectivity index (χ1) is 6.77. The topological polar surface area (TPSA) is 25.8 Å². The van der Waals surface area contributed by atoms with Crippen molar-refractivity contribution >= 4 is 11.6 Å². The lowest BCUT2D eigenvalue weighted by Gasteiger charge is -2.00. The van der Waals surface area contributed by atoms with Crippen LogP contribution in [0.4, 0.5) is 4.39 Å². The Bertz CT molecular complexity index is 445. The molecule has 0 fully saturated rings. The van der Waals surface area contributed by atoms with Crippen molar-refractivity contribution in [2.24, 2.45) is 0 Å². The maximum absolute atomic E-state index is 12.8. The summed E-state index contributed by atoms with van der Waals surface area (Å²) in [5.41, 5.74) is 1.43. The maximum Gasteiger partial charge on any atom is 0.231 e. The Morgan fingerprint density at radius 3 is 2.71 bits per heavy atom. The van der Waals surface area contributed by atoms with Crippen LogP contribution in [0.1, 0.15) is 0 Å². The number of hydrogen-bond acceptors (Lipinski definition) is 2. The summed E-state index contributed by atoms with van der Waals surface area (Å²) in [6.45, 7) is 0. The van der Waals surface area contributed by atoms with Gasteiger partial charge in [-0.15, -0.1) is 0 Å². The second kappa shape index (κ2) is 3.72. The van der Waals surface area contributed by atoms with Gasteiger partial charge in [-0.1, -0.05) is 17.7 Å². The third-order valence-electron chi connectivity index (χ3n) is 1.76. The molecule has 70 valence electrons. The van der Waals surface area contributed by atoms with Crippen LogP contribution in [0, 0.1) is 5.95 Å². The molecule has 14 heavy (non-hydrogen) atoms. The van der Waals surface area contributed by atoms with Crippen LogP contribution in [0.3, 0.4) is 0 Å². The molecule has 0 bridgehead atoms. The molecule has 2 aromatic rings. The molecule has 4 heteroatoms. The van der Waals surface area contributed by atoms with Gasteiger partial charge in [0.1, 0.15) is 0 Å². The fourth-order valence-electron chi connectivity index (χ4n) is 1.09. The summed E-state index contributed by atoms with van der Waals surface area (Å²) in [6.07, 6.45) is 3.07. The standard InChI is InChI=1S/C10H6ClFN2/c11-8-5-7(6-14-10(8)12)9-3-1-2-4-13-9/h1-6H. The quantitative estimate of drug-likeness (QED) is 0.674. The summed E-state index contributed by atoms with van der Waals surface area (Å²) < 4.78 is 12.8. The minimum atomic E-state index is -0.661. The van der Waals surface area contributed by atoms with Crippen LogP contribution in [0.2, 0.25) is 5.02 Å². The van der Waals surface area contributed by atoms with Gasteiger partial charge in [0.05, 0.1) is 10.7 Å². The second-order valence-electron chi connectivity index (χ2n) is 2.71. The van der Waals surface area contributed by atoms with Crippen molar-refractivity contribution < 1.29 is 4.39 Å². The first kappa shape index (κ1) is 9.09. The van der Waals surface area contributed by atoms with Crippen LogP contribution < -0.4 is 0 Å². The van der Waals surface area contributed by atoms with Crippen LogP contribution in [0.5, 0.6) is 0 Å². The number of rotatable bonds is 1. The van der Waals surface area contributed by atoms with E-state index in [-0.39, 0.29) is 5.02 Å². The molecule has 0 spiro atoms. The molecule has 2 nitrogen and oxygen atoms in total. The second-order valence-corrected chi connectivity index (χ2v) is 3.12. The van der Waals surface area contributed by atoms with Gasteiger partial charge in [0.2, 0.25) is 5.95 Å². The first-order valence-electron chi connectivity index (χ1n) is 4.00. The molecule has 0 unspecified atom stereocenters. The minimum absolute atomic E-state index is 0.00755. The molecular weight excluding hydrogens is 203 g/mol. The van der Waals surface area contributed by atoms with Gasteiger partial charge < -0.3 is 0 Å². The molecule has 0 saturated heterocycles. The molecule has 2 aromatic heterocycles. The molecule has 2 rings (SSSR count). The SMILES string of the molecule is Fc1ncc(-c2ccccn2)cc1Cl. The number of halogens is 2. The monoisotopic (exact) mass is 208 g/mol. The summed E-state index contributed by atoms with van der Waals surface area (Å²) in [4.78, 5) is 7.62. The molecule has 0 N–H and O–H groups in total. The Balaban J connectivity index is 2.48. The highest BCUT2D eigenvalue weighted by molar-refractivity contribution is 6.30. The van der Waals surface area contributed by atoms with Crippen LogP contribution in [0.15, 0.2) is 36.7 Å². The number of pyridine rings is 2. The lowest BCUT2D eigenvalue weighted by atomic mass is 10.2. The van der Waals surface area contributed by atoms with E-state index < -0.39 is 5.95 Å². The molecule has 0 aliphatic carbocycles. The zero-order valence-electron chi connectivity index (χ0n) is 7.11. The first-order valence-corrected chi connectivity index (χ1v) is 4.37. The highest BCUT2D eigenvalue weighted by Gasteiger charge is 2.04. The number of nitrogens with zero attached hydrogens (tertiary/aromatic N) is 2. The molecule has 0 aliphatic rings. The fraction of sp³-hybridized carbons (Fsp3) is 0. The Kier molecular flexibility index (Phi) is 2.41. The van der Waals surface area contributed by atoms with Crippen molar-refractivity contribution in [3.8, 4) is 11.3 Å². The molecular formula is C10H6ClFN2. The third-order valence-corrected chi connectivity index (χ3v) is 2.02. The Morgan fingerprint density at radius 2 is 2.07 bits per heavy atom. The van der Waals surface area contributed by atoms with Gasteiger partial charge in [-0.25, -0.2) is 4.98 Å². The zero-order valence-corrected chi connectivity index (χ0v) is 7.87. The normalized spacial score (nSPS) is 10.1. The van der Waals surface area contributed by atoms with E-state index in [1.54, 1.807) is 6.20 Å². The summed E-state index contributed by atoms with van der Waals surface area (Å²) >= 11 is 5.60. The van der Waals surface area contributed by atoms with E-state index in [9.17, 15) is 4.39 Å². The molecule has 0 atom stereocenters. The summed E-state index contributed by atoms with van der Waals surface area (Å²) in [7, 11) is 0. The largest absolute Gasteiger partial charge is 0.256 e. The van der Waals surface area contributed by atoms with Gasteiger partial charge in [-0.05, 0) is 18.2 Å². The highest BCUT2D eigenvalue weighted by Crippen LogP contribution is 2.20. The Morgan fingerprint density at radius 1 is 1.21 bits per heavy atom. The molecule has 0 aliphatic heterocycles. The van der Waals surface area contributed by atoms with E-state index in [1.807, 2.05) is 18.2 Å². The predicted octanol–water partition coefficient (Wildman–Crippen LogP) is 2.94. The van der Waals surface area contributed by atoms with Gasteiger partial charge >= 0.3 is 0 Å². The van der Waals surface area contributed by atoms with Crippen LogP contribution in [-0.4, -0.2) is 9.97 Å². The smallest absolute Gasteiger partial charge is 0.231 e. The average Bonchev–Trinajstić information content (AvgIpc) is 2.23. The molecule has 0 saturated carbocycles. The Labute approximate surface area is 85.4 Å². The minimum Gasteiger partial charge on any atom is -0.256 e. The lowest BCUT2D eigenvalue weighted by molar-refractivity contribution is 0.584. The van der Waals surface area contributed by atoms with Gasteiger partial charge in [0.15, 0.2) is 0 Å². The van der Waals surface area contributed by atoms with E-state index >= 15 is 0 Å². The van der Waals surface area contributed by atoms with Gasteiger partial charge in [0.25, 0.3) is 0 Å². The molecule has 2 heterocycles. The van der Waals surface area contributed by atoms with Crippen molar-refractivity contribution in [1.29, 1.82) is 0 Å². The fourth-order valence-corrected chi connectivity index (χ4v) is 1.26. The molecule has 0 aromatic carbocycles. The highest BCUT2D eigenvalue weighted by atomic mass is 35.5. The molecule has 0 radical (unpaired) electrons. The third kappa shape index (κ3) is 1.72. The van der Waals surface area contributed by atoms with E-state index in [1.165, 1.54) is 12.3 Å². The van der Waals surface area contributed by atoms with Crippen molar-refractivity contribution in [2.45, 2.75) is 0 Å². The van der Waals surface area contributed by atoms with Gasteiger partial charge in [-0.3, -0.25) is 4.98 Å². The van der Waals surface area contributed by atoms with Crippen LogP contribution in [-0.2, 0) is 0 Å². The van der Waals surface area contributed by atoms with Crippen molar-refractivity contribution in [3.63, 3.8) is 0 Å². The van der Waals surface area contributed by atoms with E-state index in [0.717, 1.165) is 5.69 Å². The van der Waals surface area contributed by atoms with Gasteiger partial charge in [0, 0.05) is 18.0 Å².